The van der Waals surface area contributed by atoms with Crippen LogP contribution in [0.5, 0.6) is 0 Å². The average molecular weight is 287 g/mol. The number of ether oxygens (including phenoxy) is 1. The summed E-state index contributed by atoms with van der Waals surface area (Å²) >= 11 is 0. The molecule has 7 heteroatoms. The molecule has 1 atom stereocenters. The molecule has 1 aromatic rings. The van der Waals surface area contributed by atoms with E-state index in [2.05, 4.69) is 10.3 Å². The van der Waals surface area contributed by atoms with Crippen molar-refractivity contribution in [3.8, 4) is 0 Å². The van der Waals surface area contributed by atoms with Crippen molar-refractivity contribution in [2.24, 2.45) is 0 Å². The lowest BCUT2D eigenvalue weighted by Gasteiger charge is -2.31. The molecule has 1 unspecified atom stereocenters. The highest BCUT2D eigenvalue weighted by Gasteiger charge is 2.30. The highest BCUT2D eigenvalue weighted by molar-refractivity contribution is 7.89. The van der Waals surface area contributed by atoms with E-state index in [4.69, 9.17) is 4.74 Å². The molecule has 1 saturated heterocycles. The third-order valence-electron chi connectivity index (χ3n) is 3.28. The first-order valence-corrected chi connectivity index (χ1v) is 7.95. The Labute approximate surface area is 114 Å². The van der Waals surface area contributed by atoms with Crippen molar-refractivity contribution in [2.45, 2.75) is 30.9 Å². The lowest BCUT2D eigenvalue weighted by atomic mass is 10.2. The smallest absolute Gasteiger partial charge is 0.244 e. The molecule has 0 aromatic carbocycles. The van der Waals surface area contributed by atoms with Gasteiger partial charge in [0.2, 0.25) is 10.0 Å². The molecule has 1 aliphatic heterocycles. The first kappa shape index (κ1) is 14.5. The topological polar surface area (TPSA) is 74.4 Å². The Kier molecular flexibility index (Phi) is 4.62. The molecule has 0 aliphatic carbocycles. The Morgan fingerprint density at radius 3 is 3.05 bits per heavy atom. The predicted octanol–water partition coefficient (Wildman–Crippen LogP) is 0.534. The molecule has 2 heterocycles. The van der Waals surface area contributed by atoms with Gasteiger partial charge in [-0.25, -0.2) is 8.42 Å². The fraction of sp³-hybridized carbons (Fsp3) is 0.667. The number of sulfonamides is 1. The second-order valence-electron chi connectivity index (χ2n) is 4.66. The van der Waals surface area contributed by atoms with Crippen LogP contribution < -0.4 is 5.32 Å². The molecule has 0 radical (unpaired) electrons. The van der Waals surface area contributed by atoms with Gasteiger partial charge in [-0.05, 0) is 19.5 Å². The zero-order valence-electron chi connectivity index (χ0n) is 11.3. The quantitative estimate of drug-likeness (QED) is 0.828. The summed E-state index contributed by atoms with van der Waals surface area (Å²) in [4.78, 5) is 3.31. The minimum Gasteiger partial charge on any atom is -0.375 e. The third-order valence-corrected chi connectivity index (χ3v) is 5.12. The summed E-state index contributed by atoms with van der Waals surface area (Å²) in [6.07, 6.45) is 2.38. The van der Waals surface area contributed by atoms with Gasteiger partial charge in [0.1, 0.15) is 0 Å². The van der Waals surface area contributed by atoms with Crippen LogP contribution in [-0.4, -0.2) is 50.6 Å². The summed E-state index contributed by atoms with van der Waals surface area (Å²) < 4.78 is 32.0. The molecule has 2 rings (SSSR count). The van der Waals surface area contributed by atoms with Gasteiger partial charge in [0.25, 0.3) is 0 Å². The summed E-state index contributed by atoms with van der Waals surface area (Å²) in [7, 11) is -1.59. The number of H-pyrrole nitrogens is 1. The van der Waals surface area contributed by atoms with Crippen molar-refractivity contribution < 1.29 is 13.2 Å². The maximum atomic E-state index is 12.5. The van der Waals surface area contributed by atoms with Gasteiger partial charge in [-0.3, -0.25) is 0 Å². The van der Waals surface area contributed by atoms with E-state index in [0.29, 0.717) is 31.1 Å². The van der Waals surface area contributed by atoms with Gasteiger partial charge in [0.05, 0.1) is 17.6 Å². The number of rotatable bonds is 5. The fourth-order valence-electron chi connectivity index (χ4n) is 2.17. The molecule has 2 N–H and O–H groups in total. The summed E-state index contributed by atoms with van der Waals surface area (Å²) in [5, 5.41) is 2.98. The normalized spacial score (nSPS) is 21.7. The molecule has 0 spiro atoms. The fourth-order valence-corrected chi connectivity index (χ4v) is 3.64. The summed E-state index contributed by atoms with van der Waals surface area (Å²) in [6.45, 7) is 3.95. The first-order valence-electron chi connectivity index (χ1n) is 6.51. The Balaban J connectivity index is 2.16. The zero-order valence-corrected chi connectivity index (χ0v) is 12.2. The molecule has 6 nitrogen and oxygen atoms in total. The monoisotopic (exact) mass is 287 g/mol. The van der Waals surface area contributed by atoms with Crippen LogP contribution in [0.15, 0.2) is 17.2 Å². The van der Waals surface area contributed by atoms with E-state index in [9.17, 15) is 8.42 Å². The molecule has 0 bridgehead atoms. The van der Waals surface area contributed by atoms with E-state index in [1.807, 2.05) is 14.0 Å². The molecular formula is C12H21N3O3S. The predicted molar refractivity (Wildman–Crippen MR) is 72.3 cm³/mol. The van der Waals surface area contributed by atoms with Crippen LogP contribution in [0.2, 0.25) is 0 Å². The Morgan fingerprint density at radius 1 is 1.58 bits per heavy atom. The lowest BCUT2D eigenvalue weighted by Crippen LogP contribution is -2.45. The molecule has 0 amide bonds. The second-order valence-corrected chi connectivity index (χ2v) is 6.59. The number of hydrogen-bond donors (Lipinski definition) is 2. The summed E-state index contributed by atoms with van der Waals surface area (Å²) in [6, 6.07) is 1.68. The van der Waals surface area contributed by atoms with Crippen molar-refractivity contribution in [1.29, 1.82) is 0 Å². The molecule has 1 aliphatic rings. The van der Waals surface area contributed by atoms with Crippen LogP contribution >= 0.6 is 0 Å². The number of hydrogen-bond acceptors (Lipinski definition) is 4. The van der Waals surface area contributed by atoms with Gasteiger partial charge < -0.3 is 15.0 Å². The van der Waals surface area contributed by atoms with Gasteiger partial charge in [0.15, 0.2) is 0 Å². The van der Waals surface area contributed by atoms with Crippen LogP contribution in [0.1, 0.15) is 19.0 Å². The molecular weight excluding hydrogens is 266 g/mol. The summed E-state index contributed by atoms with van der Waals surface area (Å²) in [5.74, 6) is 0. The third kappa shape index (κ3) is 3.17. The maximum absolute atomic E-state index is 12.5. The minimum atomic E-state index is -3.41. The van der Waals surface area contributed by atoms with Crippen molar-refractivity contribution in [3.05, 3.63) is 18.0 Å². The zero-order chi connectivity index (χ0) is 13.9. The molecule has 1 fully saturated rings. The van der Waals surface area contributed by atoms with Crippen molar-refractivity contribution in [3.63, 3.8) is 0 Å². The van der Waals surface area contributed by atoms with Gasteiger partial charge in [-0.1, -0.05) is 6.92 Å². The number of aromatic amines is 1. The Hall–Kier alpha value is -0.890. The van der Waals surface area contributed by atoms with Crippen molar-refractivity contribution in [1.82, 2.24) is 14.6 Å². The van der Waals surface area contributed by atoms with Crippen LogP contribution in [0.4, 0.5) is 0 Å². The van der Waals surface area contributed by atoms with Gasteiger partial charge >= 0.3 is 0 Å². The second kappa shape index (κ2) is 6.04. The van der Waals surface area contributed by atoms with Crippen LogP contribution in [0.3, 0.4) is 0 Å². The van der Waals surface area contributed by atoms with Gasteiger partial charge in [-0.15, -0.1) is 0 Å². The maximum Gasteiger partial charge on any atom is 0.244 e. The summed E-state index contributed by atoms with van der Waals surface area (Å²) in [5.41, 5.74) is 0.862. The van der Waals surface area contributed by atoms with E-state index < -0.39 is 10.0 Å². The Morgan fingerprint density at radius 2 is 2.37 bits per heavy atom. The van der Waals surface area contributed by atoms with E-state index in [1.54, 1.807) is 12.3 Å². The van der Waals surface area contributed by atoms with E-state index >= 15 is 0 Å². The van der Waals surface area contributed by atoms with Crippen molar-refractivity contribution in [2.75, 3.05) is 26.7 Å². The standard InChI is InChI=1S/C12H21N3O3S/c1-3-11-9-15(4-5-18-11)19(16,17)12-6-10(7-13-2)14-8-12/h6,8,11,13-14H,3-5,7,9H2,1-2H3. The van der Waals surface area contributed by atoms with Crippen LogP contribution in [0.25, 0.3) is 0 Å². The lowest BCUT2D eigenvalue weighted by molar-refractivity contribution is -0.00277. The number of aromatic nitrogens is 1. The molecule has 1 aromatic heterocycles. The van der Waals surface area contributed by atoms with Crippen LogP contribution in [-0.2, 0) is 21.3 Å². The van der Waals surface area contributed by atoms with Gasteiger partial charge in [-0.2, -0.15) is 4.31 Å². The van der Waals surface area contributed by atoms with Gasteiger partial charge in [0, 0.05) is 31.5 Å². The largest absolute Gasteiger partial charge is 0.375 e. The highest BCUT2D eigenvalue weighted by Crippen LogP contribution is 2.20. The SMILES string of the molecule is CCC1CN(S(=O)(=O)c2c[nH]c(CNC)c2)CCO1. The Bertz CT molecular complexity index is 512. The highest BCUT2D eigenvalue weighted by atomic mass is 32.2. The average Bonchev–Trinajstić information content (AvgIpc) is 2.88. The first-order chi connectivity index (χ1) is 9.07. The molecule has 108 valence electrons. The van der Waals surface area contributed by atoms with Crippen LogP contribution in [0, 0.1) is 0 Å². The minimum absolute atomic E-state index is 0.000698. The van der Waals surface area contributed by atoms with E-state index in [0.717, 1.165) is 12.1 Å². The van der Waals surface area contributed by atoms with E-state index in [-0.39, 0.29) is 6.10 Å². The number of morpholine rings is 1. The number of nitrogens with zero attached hydrogens (tertiary/aromatic N) is 1. The molecule has 19 heavy (non-hydrogen) atoms. The molecule has 0 saturated carbocycles. The van der Waals surface area contributed by atoms with E-state index in [1.165, 1.54) is 4.31 Å². The van der Waals surface area contributed by atoms with Crippen molar-refractivity contribution >= 4 is 10.0 Å². The number of nitrogens with one attached hydrogen (secondary N) is 2.